The normalized spacial score (nSPS) is 24.7. The van der Waals surface area contributed by atoms with Crippen molar-refractivity contribution >= 4 is 22.4 Å². The fourth-order valence-corrected chi connectivity index (χ4v) is 4.76. The summed E-state index contributed by atoms with van der Waals surface area (Å²) in [4.78, 5) is 31.7. The predicted octanol–water partition coefficient (Wildman–Crippen LogP) is 1.90. The molecule has 4 rings (SSSR count). The fraction of sp³-hybridized carbons (Fsp3) is 0.471. The van der Waals surface area contributed by atoms with Crippen LogP contribution in [-0.2, 0) is 17.8 Å². The highest BCUT2D eigenvalue weighted by molar-refractivity contribution is 7.15. The Bertz CT molecular complexity index is 927. The zero-order valence-corrected chi connectivity index (χ0v) is 15.3. The van der Waals surface area contributed by atoms with Crippen molar-refractivity contribution in [2.45, 2.75) is 44.9 Å². The number of carbonyl (C=O) groups is 1. The number of aromatic amines is 1. The van der Waals surface area contributed by atoms with E-state index >= 15 is 0 Å². The van der Waals surface area contributed by atoms with Crippen LogP contribution >= 0.6 is 11.3 Å². The molecular weight excluding hydrogens is 359 g/mol. The highest BCUT2D eigenvalue weighted by Crippen LogP contribution is 2.42. The van der Waals surface area contributed by atoms with Gasteiger partial charge in [-0.2, -0.15) is 9.37 Å². The van der Waals surface area contributed by atoms with Gasteiger partial charge in [0, 0.05) is 56.7 Å². The minimum atomic E-state index is -0.548. The minimum absolute atomic E-state index is 0.135. The number of thiazole rings is 1. The van der Waals surface area contributed by atoms with Crippen molar-refractivity contribution in [3.8, 4) is 5.75 Å². The summed E-state index contributed by atoms with van der Waals surface area (Å²) in [7, 11) is 0. The van der Waals surface area contributed by atoms with Gasteiger partial charge in [0.25, 0.3) is 0 Å². The highest BCUT2D eigenvalue weighted by Gasteiger charge is 2.48. The Kier molecular flexibility index (Phi) is 4.07. The Hall–Kier alpha value is -2.26. The quantitative estimate of drug-likeness (QED) is 0.852. The summed E-state index contributed by atoms with van der Waals surface area (Å²) in [5.41, 5.74) is 0.398. The first-order valence-corrected chi connectivity index (χ1v) is 9.23. The van der Waals surface area contributed by atoms with Gasteiger partial charge in [-0.05, 0) is 6.92 Å². The number of rotatable bonds is 3. The molecule has 1 amide bonds. The number of H-pyrrole nitrogens is 1. The van der Waals surface area contributed by atoms with E-state index in [9.17, 15) is 14.0 Å². The number of hydrogen-bond donors (Lipinski definition) is 2. The molecule has 1 fully saturated rings. The fourth-order valence-electron chi connectivity index (χ4n) is 3.84. The summed E-state index contributed by atoms with van der Waals surface area (Å²) in [6.45, 7) is 4.50. The number of fused-ring (bicyclic) bond motifs is 1. The molecule has 1 spiro atoms. The number of amides is 1. The molecule has 26 heavy (non-hydrogen) atoms. The van der Waals surface area contributed by atoms with E-state index in [1.54, 1.807) is 12.3 Å². The first-order valence-electron chi connectivity index (χ1n) is 8.41. The molecule has 2 aromatic heterocycles. The third kappa shape index (κ3) is 3.12. The number of hydrogen-bond acceptors (Lipinski definition) is 6. The number of anilines is 1. The molecule has 138 valence electrons. The zero-order valence-electron chi connectivity index (χ0n) is 14.5. The number of likely N-dealkylation sites (tertiary alicyclic amines) is 1. The van der Waals surface area contributed by atoms with E-state index in [0.717, 1.165) is 29.1 Å². The van der Waals surface area contributed by atoms with Gasteiger partial charge in [0.15, 0.2) is 5.13 Å². The van der Waals surface area contributed by atoms with Crippen LogP contribution in [0.1, 0.15) is 30.7 Å². The number of nitrogens with zero attached hydrogens (tertiary/aromatic N) is 2. The van der Waals surface area contributed by atoms with Gasteiger partial charge in [-0.3, -0.25) is 14.5 Å². The maximum absolute atomic E-state index is 14.1. The Morgan fingerprint density at radius 1 is 1.62 bits per heavy atom. The number of aromatic nitrogens is 2. The van der Waals surface area contributed by atoms with Gasteiger partial charge in [0.2, 0.25) is 17.4 Å². The summed E-state index contributed by atoms with van der Waals surface area (Å²) >= 11 is 1.15. The Morgan fingerprint density at radius 2 is 2.42 bits per heavy atom. The highest BCUT2D eigenvalue weighted by atomic mass is 32.1. The van der Waals surface area contributed by atoms with Crippen LogP contribution in [-0.4, -0.2) is 39.0 Å². The third-order valence-electron chi connectivity index (χ3n) is 4.87. The maximum atomic E-state index is 14.1. The molecule has 7 nitrogen and oxygen atoms in total. The zero-order chi connectivity index (χ0) is 18.5. The molecule has 0 radical (unpaired) electrons. The van der Waals surface area contributed by atoms with Gasteiger partial charge in [-0.25, -0.2) is 0 Å². The molecule has 0 saturated carbocycles. The molecule has 9 heteroatoms. The van der Waals surface area contributed by atoms with Crippen LogP contribution in [0, 0.1) is 5.95 Å². The average Bonchev–Trinajstić information content (AvgIpc) is 3.15. The predicted molar refractivity (Wildman–Crippen MR) is 95.0 cm³/mol. The average molecular weight is 378 g/mol. The molecule has 2 atom stereocenters. The van der Waals surface area contributed by atoms with Crippen LogP contribution in [0.2, 0.25) is 0 Å². The van der Waals surface area contributed by atoms with E-state index < -0.39 is 5.95 Å². The summed E-state index contributed by atoms with van der Waals surface area (Å²) in [5, 5.41) is 2.79. The SMILES string of the molecule is CC(=O)Nc1nc(F)c(CN2CC3(Cc4cc(=O)[nH]cc4O3)C[C@@H]2C)s1. The molecule has 1 unspecified atom stereocenters. The lowest BCUT2D eigenvalue weighted by atomic mass is 9.95. The first-order chi connectivity index (χ1) is 12.3. The smallest absolute Gasteiger partial charge is 0.248 e. The summed E-state index contributed by atoms with van der Waals surface area (Å²) in [6.07, 6.45) is 3.09. The molecule has 4 heterocycles. The van der Waals surface area contributed by atoms with Crippen molar-refractivity contribution in [1.82, 2.24) is 14.9 Å². The van der Waals surface area contributed by atoms with Gasteiger partial charge in [-0.1, -0.05) is 11.3 Å². The number of nitrogens with one attached hydrogen (secondary N) is 2. The third-order valence-corrected chi connectivity index (χ3v) is 5.80. The molecule has 0 bridgehead atoms. The molecule has 2 aliphatic rings. The lowest BCUT2D eigenvalue weighted by molar-refractivity contribution is -0.114. The van der Waals surface area contributed by atoms with Gasteiger partial charge >= 0.3 is 0 Å². The second-order valence-electron chi connectivity index (χ2n) is 7.02. The van der Waals surface area contributed by atoms with Crippen LogP contribution in [0.15, 0.2) is 17.1 Å². The molecule has 1 saturated heterocycles. The largest absolute Gasteiger partial charge is 0.484 e. The number of carbonyl (C=O) groups excluding carboxylic acids is 1. The molecule has 2 aliphatic heterocycles. The summed E-state index contributed by atoms with van der Waals surface area (Å²) < 4.78 is 20.3. The van der Waals surface area contributed by atoms with Gasteiger partial charge < -0.3 is 15.0 Å². The lowest BCUT2D eigenvalue weighted by Crippen LogP contribution is -2.37. The van der Waals surface area contributed by atoms with Crippen molar-refractivity contribution in [3.05, 3.63) is 39.0 Å². The molecule has 0 aromatic carbocycles. The number of pyridine rings is 1. The van der Waals surface area contributed by atoms with E-state index in [1.165, 1.54) is 6.92 Å². The van der Waals surface area contributed by atoms with Crippen molar-refractivity contribution in [1.29, 1.82) is 0 Å². The Labute approximate surface area is 153 Å². The topological polar surface area (TPSA) is 87.3 Å². The van der Waals surface area contributed by atoms with Gasteiger partial charge in [0.1, 0.15) is 11.4 Å². The van der Waals surface area contributed by atoms with E-state index in [0.29, 0.717) is 24.4 Å². The van der Waals surface area contributed by atoms with Crippen LogP contribution in [0.5, 0.6) is 5.75 Å². The van der Waals surface area contributed by atoms with Gasteiger partial charge in [-0.15, -0.1) is 0 Å². The standard InChI is InChI=1S/C17H19FN4O3S/c1-9-4-17(5-11-3-14(24)19-6-12(11)25-17)8-22(9)7-13-15(18)21-16(26-13)20-10(2)23/h3,6,9H,4-5,7-8H2,1-2H3,(H,19,24)(H,20,21,23)/t9-,17?/m0/s1. The van der Waals surface area contributed by atoms with E-state index in [2.05, 4.69) is 27.1 Å². The van der Waals surface area contributed by atoms with Crippen LogP contribution in [0.3, 0.4) is 0 Å². The van der Waals surface area contributed by atoms with Crippen LogP contribution in [0.4, 0.5) is 9.52 Å². The lowest BCUT2D eigenvalue weighted by Gasteiger charge is -2.23. The molecule has 0 aliphatic carbocycles. The van der Waals surface area contributed by atoms with Crippen molar-refractivity contribution in [2.24, 2.45) is 0 Å². The maximum Gasteiger partial charge on any atom is 0.248 e. The van der Waals surface area contributed by atoms with E-state index in [4.69, 9.17) is 4.74 Å². The van der Waals surface area contributed by atoms with Crippen molar-refractivity contribution < 1.29 is 13.9 Å². The number of ether oxygens (including phenoxy) is 1. The Morgan fingerprint density at radius 3 is 3.19 bits per heavy atom. The molecular formula is C17H19FN4O3S. The molecule has 2 N–H and O–H groups in total. The van der Waals surface area contributed by atoms with Crippen LogP contribution < -0.4 is 15.6 Å². The first kappa shape index (κ1) is 17.2. The monoisotopic (exact) mass is 378 g/mol. The van der Waals surface area contributed by atoms with E-state index in [-0.39, 0.29) is 28.2 Å². The van der Waals surface area contributed by atoms with E-state index in [1.807, 2.05) is 0 Å². The summed E-state index contributed by atoms with van der Waals surface area (Å²) in [6, 6.07) is 1.78. The second-order valence-corrected chi connectivity index (χ2v) is 8.10. The van der Waals surface area contributed by atoms with Crippen molar-refractivity contribution in [3.63, 3.8) is 0 Å². The molecule has 2 aromatic rings. The minimum Gasteiger partial charge on any atom is -0.484 e. The second kappa shape index (κ2) is 6.17. The number of halogens is 1. The van der Waals surface area contributed by atoms with Gasteiger partial charge in [0.05, 0.1) is 4.88 Å². The summed E-state index contributed by atoms with van der Waals surface area (Å²) in [5.74, 6) is -0.103. The van der Waals surface area contributed by atoms with Crippen LogP contribution in [0.25, 0.3) is 0 Å². The van der Waals surface area contributed by atoms with Crippen molar-refractivity contribution in [2.75, 3.05) is 11.9 Å². The Balaban J connectivity index is 1.49.